The first-order valence-electron chi connectivity index (χ1n) is 8.42. The third-order valence-electron chi connectivity index (χ3n) is 4.09. The average Bonchev–Trinajstić information content (AvgIpc) is 3.00. The van der Waals surface area contributed by atoms with Crippen LogP contribution in [-0.2, 0) is 11.3 Å². The first-order valence-corrected chi connectivity index (χ1v) is 8.42. The molecule has 0 bridgehead atoms. The van der Waals surface area contributed by atoms with E-state index in [9.17, 15) is 9.59 Å². The number of hydrogen-bond donors (Lipinski definition) is 2. The van der Waals surface area contributed by atoms with Gasteiger partial charge in [0.2, 0.25) is 5.91 Å². The number of para-hydroxylation sites is 1. The lowest BCUT2D eigenvalue weighted by molar-refractivity contribution is -0.115. The van der Waals surface area contributed by atoms with Crippen molar-refractivity contribution in [3.63, 3.8) is 0 Å². The molecular formula is C20H21N3O2. The van der Waals surface area contributed by atoms with E-state index in [1.54, 1.807) is 0 Å². The maximum Gasteiger partial charge on any atom is 0.272 e. The van der Waals surface area contributed by atoms with E-state index >= 15 is 0 Å². The zero-order chi connectivity index (χ0) is 17.8. The third kappa shape index (κ3) is 3.55. The van der Waals surface area contributed by atoms with Gasteiger partial charge in [-0.3, -0.25) is 9.59 Å². The molecule has 0 atom stereocenters. The molecule has 25 heavy (non-hydrogen) atoms. The summed E-state index contributed by atoms with van der Waals surface area (Å²) >= 11 is 0. The number of carbonyl (C=O) groups excluding carboxylic acids is 2. The maximum absolute atomic E-state index is 12.7. The standard InChI is InChI=1S/C20H21N3O2/c1-3-19(24)21-16-10-11-17-14(12-16)13-18(23(17)4-2)20(25)22-15-8-6-5-7-9-15/h5-13H,3-4H2,1-2H3,(H,21,24)(H,22,25). The highest BCUT2D eigenvalue weighted by Gasteiger charge is 2.15. The van der Waals surface area contributed by atoms with E-state index in [0.717, 1.165) is 22.3 Å². The highest BCUT2D eigenvalue weighted by atomic mass is 16.2. The number of aromatic nitrogens is 1. The maximum atomic E-state index is 12.7. The van der Waals surface area contributed by atoms with Gasteiger partial charge in [-0.1, -0.05) is 25.1 Å². The third-order valence-corrected chi connectivity index (χ3v) is 4.09. The normalized spacial score (nSPS) is 10.6. The number of amides is 2. The fourth-order valence-corrected chi connectivity index (χ4v) is 2.84. The Kier molecular flexibility index (Phi) is 4.84. The Hall–Kier alpha value is -3.08. The fraction of sp³-hybridized carbons (Fsp3) is 0.200. The lowest BCUT2D eigenvalue weighted by Crippen LogP contribution is -2.16. The Balaban J connectivity index is 1.94. The molecule has 1 heterocycles. The SMILES string of the molecule is CCC(=O)Nc1ccc2c(c1)cc(C(=O)Nc1ccccc1)n2CC. The molecule has 3 aromatic rings. The van der Waals surface area contributed by atoms with Crippen molar-refractivity contribution in [2.45, 2.75) is 26.8 Å². The van der Waals surface area contributed by atoms with Gasteiger partial charge in [-0.15, -0.1) is 0 Å². The van der Waals surface area contributed by atoms with Gasteiger partial charge in [0.1, 0.15) is 5.69 Å². The highest BCUT2D eigenvalue weighted by Crippen LogP contribution is 2.24. The number of nitrogens with one attached hydrogen (secondary N) is 2. The predicted molar refractivity (Wildman–Crippen MR) is 101 cm³/mol. The molecule has 0 fully saturated rings. The predicted octanol–water partition coefficient (Wildman–Crippen LogP) is 4.26. The summed E-state index contributed by atoms with van der Waals surface area (Å²) in [6.07, 6.45) is 0.429. The summed E-state index contributed by atoms with van der Waals surface area (Å²) in [5, 5.41) is 6.70. The first kappa shape index (κ1) is 16.8. The Bertz CT molecular complexity index is 913. The van der Waals surface area contributed by atoms with Crippen LogP contribution < -0.4 is 10.6 Å². The molecule has 0 aliphatic heterocycles. The first-order chi connectivity index (χ1) is 12.1. The molecule has 0 aliphatic rings. The van der Waals surface area contributed by atoms with Gasteiger partial charge >= 0.3 is 0 Å². The summed E-state index contributed by atoms with van der Waals surface area (Å²) in [6.45, 7) is 4.50. The van der Waals surface area contributed by atoms with Crippen LogP contribution in [0.4, 0.5) is 11.4 Å². The summed E-state index contributed by atoms with van der Waals surface area (Å²) in [7, 11) is 0. The van der Waals surface area contributed by atoms with Gasteiger partial charge in [0.15, 0.2) is 0 Å². The highest BCUT2D eigenvalue weighted by molar-refractivity contribution is 6.07. The Morgan fingerprint density at radius 2 is 1.68 bits per heavy atom. The van der Waals surface area contributed by atoms with Crippen molar-refractivity contribution in [3.05, 3.63) is 60.3 Å². The fourth-order valence-electron chi connectivity index (χ4n) is 2.84. The van der Waals surface area contributed by atoms with Crippen LogP contribution >= 0.6 is 0 Å². The Morgan fingerprint density at radius 3 is 2.36 bits per heavy atom. The van der Waals surface area contributed by atoms with Crippen molar-refractivity contribution in [3.8, 4) is 0 Å². The largest absolute Gasteiger partial charge is 0.337 e. The average molecular weight is 335 g/mol. The molecule has 0 unspecified atom stereocenters. The van der Waals surface area contributed by atoms with Crippen LogP contribution in [0.15, 0.2) is 54.6 Å². The zero-order valence-electron chi connectivity index (χ0n) is 14.4. The summed E-state index contributed by atoms with van der Waals surface area (Å²) in [4.78, 5) is 24.2. The molecule has 1 aromatic heterocycles. The number of anilines is 2. The summed E-state index contributed by atoms with van der Waals surface area (Å²) in [5.41, 5.74) is 3.06. The zero-order valence-corrected chi connectivity index (χ0v) is 14.4. The minimum absolute atomic E-state index is 0.0312. The molecule has 0 radical (unpaired) electrons. The molecule has 0 aliphatic carbocycles. The van der Waals surface area contributed by atoms with E-state index in [-0.39, 0.29) is 11.8 Å². The van der Waals surface area contributed by atoms with Gasteiger partial charge in [0.25, 0.3) is 5.91 Å². The van der Waals surface area contributed by atoms with Crippen LogP contribution in [0.2, 0.25) is 0 Å². The molecule has 0 spiro atoms. The number of nitrogens with zero attached hydrogens (tertiary/aromatic N) is 1. The van der Waals surface area contributed by atoms with Crippen molar-refractivity contribution >= 4 is 34.1 Å². The van der Waals surface area contributed by atoms with Gasteiger partial charge in [-0.2, -0.15) is 0 Å². The second-order valence-electron chi connectivity index (χ2n) is 5.77. The molecular weight excluding hydrogens is 314 g/mol. The summed E-state index contributed by atoms with van der Waals surface area (Å²) in [6, 6.07) is 16.9. The van der Waals surface area contributed by atoms with Crippen LogP contribution in [-0.4, -0.2) is 16.4 Å². The molecule has 128 valence electrons. The monoisotopic (exact) mass is 335 g/mol. The Labute approximate surface area is 146 Å². The van der Waals surface area contributed by atoms with Crippen molar-refractivity contribution < 1.29 is 9.59 Å². The van der Waals surface area contributed by atoms with Crippen molar-refractivity contribution in [1.29, 1.82) is 0 Å². The second-order valence-corrected chi connectivity index (χ2v) is 5.77. The van der Waals surface area contributed by atoms with Crippen LogP contribution in [0.3, 0.4) is 0 Å². The van der Waals surface area contributed by atoms with Crippen molar-refractivity contribution in [2.24, 2.45) is 0 Å². The number of rotatable bonds is 5. The minimum atomic E-state index is -0.150. The Morgan fingerprint density at radius 1 is 0.920 bits per heavy atom. The number of aryl methyl sites for hydroxylation is 1. The van der Waals surface area contributed by atoms with Crippen LogP contribution in [0.25, 0.3) is 10.9 Å². The molecule has 2 N–H and O–H groups in total. The topological polar surface area (TPSA) is 63.1 Å². The molecule has 5 nitrogen and oxygen atoms in total. The van der Waals surface area contributed by atoms with Crippen molar-refractivity contribution in [2.75, 3.05) is 10.6 Å². The molecule has 0 saturated carbocycles. The van der Waals surface area contributed by atoms with E-state index in [2.05, 4.69) is 10.6 Å². The number of hydrogen-bond acceptors (Lipinski definition) is 2. The van der Waals surface area contributed by atoms with Gasteiger partial charge < -0.3 is 15.2 Å². The quantitative estimate of drug-likeness (QED) is 0.732. The van der Waals surface area contributed by atoms with E-state index in [1.807, 2.05) is 73.0 Å². The molecule has 2 amide bonds. The van der Waals surface area contributed by atoms with E-state index in [1.165, 1.54) is 0 Å². The molecule has 3 rings (SSSR count). The van der Waals surface area contributed by atoms with Crippen LogP contribution in [0, 0.1) is 0 Å². The molecule has 0 saturated heterocycles. The molecule has 5 heteroatoms. The summed E-state index contributed by atoms with van der Waals surface area (Å²) in [5.74, 6) is -0.181. The minimum Gasteiger partial charge on any atom is -0.337 e. The molecule has 2 aromatic carbocycles. The lowest BCUT2D eigenvalue weighted by Gasteiger charge is -2.09. The number of benzene rings is 2. The second kappa shape index (κ2) is 7.21. The van der Waals surface area contributed by atoms with E-state index in [0.29, 0.717) is 18.7 Å². The van der Waals surface area contributed by atoms with Gasteiger partial charge in [0.05, 0.1) is 0 Å². The van der Waals surface area contributed by atoms with E-state index < -0.39 is 0 Å². The van der Waals surface area contributed by atoms with Gasteiger partial charge in [0, 0.05) is 35.2 Å². The van der Waals surface area contributed by atoms with E-state index in [4.69, 9.17) is 0 Å². The van der Waals surface area contributed by atoms with Gasteiger partial charge in [-0.05, 0) is 43.3 Å². The number of carbonyl (C=O) groups is 2. The van der Waals surface area contributed by atoms with Gasteiger partial charge in [-0.25, -0.2) is 0 Å². The smallest absolute Gasteiger partial charge is 0.272 e. The number of fused-ring (bicyclic) bond motifs is 1. The van der Waals surface area contributed by atoms with Crippen molar-refractivity contribution in [1.82, 2.24) is 4.57 Å². The summed E-state index contributed by atoms with van der Waals surface area (Å²) < 4.78 is 1.97. The lowest BCUT2D eigenvalue weighted by atomic mass is 10.2. The van der Waals surface area contributed by atoms with Crippen LogP contribution in [0.1, 0.15) is 30.8 Å². The van der Waals surface area contributed by atoms with Crippen LogP contribution in [0.5, 0.6) is 0 Å².